The van der Waals surface area contributed by atoms with E-state index in [0.717, 1.165) is 71.8 Å². The zero-order valence-electron chi connectivity index (χ0n) is 24.1. The Kier molecular flexibility index (Phi) is 13.6. The molecule has 0 radical (unpaired) electrons. The number of hydrogen-bond acceptors (Lipinski definition) is 8. The molecule has 0 spiro atoms. The van der Waals surface area contributed by atoms with Gasteiger partial charge in [-0.25, -0.2) is 0 Å². The van der Waals surface area contributed by atoms with Crippen LogP contribution in [0.1, 0.15) is 58.9 Å². The summed E-state index contributed by atoms with van der Waals surface area (Å²) in [4.78, 5) is 22.9. The second kappa shape index (κ2) is 16.1. The molecule has 1 aromatic carbocycles. The zero-order valence-corrected chi connectivity index (χ0v) is 24.1. The molecule has 0 amide bonds. The van der Waals surface area contributed by atoms with Crippen LogP contribution in [-0.4, -0.2) is 101 Å². The summed E-state index contributed by atoms with van der Waals surface area (Å²) in [6.07, 6.45) is 4.09. The Balaban J connectivity index is 0.000000590. The number of benzene rings is 1. The fraction of sp³-hybridized carbons (Fsp3) is 0.724. The van der Waals surface area contributed by atoms with E-state index in [2.05, 4.69) is 35.8 Å². The molecule has 4 rings (SSSR count). The molecule has 1 aliphatic carbocycles. The van der Waals surface area contributed by atoms with E-state index in [1.165, 1.54) is 18.4 Å². The molecule has 3 aliphatic rings. The number of carbonyl (C=O) groups is 2. The van der Waals surface area contributed by atoms with Crippen molar-refractivity contribution in [2.75, 3.05) is 45.9 Å². The topological polar surface area (TPSA) is 146 Å². The maximum atomic E-state index is 10.5. The number of carboxylic acid groups (broad SMARTS) is 2. The SMILES string of the molecule is CC(=O)O.CC(=O)O.CCC1(CC)CN(CC(O)COc2ccc(CN3C[C@H]4CC[C@@H](C3)C4N)cc2)CCO1. The van der Waals surface area contributed by atoms with Crippen molar-refractivity contribution in [3.8, 4) is 5.75 Å². The quantitative estimate of drug-likeness (QED) is 0.361. The largest absolute Gasteiger partial charge is 0.491 e. The van der Waals surface area contributed by atoms with Gasteiger partial charge in [0.2, 0.25) is 0 Å². The van der Waals surface area contributed by atoms with Crippen molar-refractivity contribution in [3.05, 3.63) is 29.8 Å². The first-order chi connectivity index (χ1) is 18.5. The standard InChI is InChI=1S/C25H41N3O3.2C2H4O2/c1-3-25(4-2)18-27(11-12-31-25)16-22(29)17-30-23-9-5-19(6-10-23)13-28-14-20-7-8-21(15-28)24(20)26;2*1-2(3)4/h5-6,9-10,20-22,24,29H,3-4,7-8,11-18,26H2,1-2H3;2*1H3,(H,3,4)/t20-,21+,22?,24?;;. The van der Waals surface area contributed by atoms with E-state index >= 15 is 0 Å². The van der Waals surface area contributed by atoms with E-state index in [9.17, 15) is 5.11 Å². The van der Waals surface area contributed by atoms with Crippen LogP contribution in [-0.2, 0) is 20.9 Å². The highest BCUT2D eigenvalue weighted by Crippen LogP contribution is 2.36. The molecular weight excluding hydrogens is 502 g/mol. The predicted octanol–water partition coefficient (Wildman–Crippen LogP) is 2.67. The number of hydrogen-bond donors (Lipinski definition) is 4. The molecule has 2 unspecified atom stereocenters. The van der Waals surface area contributed by atoms with Crippen LogP contribution in [0.5, 0.6) is 5.75 Å². The molecule has 10 heteroatoms. The first-order valence-electron chi connectivity index (χ1n) is 14.1. The van der Waals surface area contributed by atoms with Gasteiger partial charge in [-0.2, -0.15) is 0 Å². The monoisotopic (exact) mass is 551 g/mol. The number of β-amino-alcohol motifs (C(OH)–C–C–N with tert-alkyl or cyclic N) is 1. The molecule has 4 atom stereocenters. The molecule has 2 saturated heterocycles. The molecule has 1 aromatic rings. The summed E-state index contributed by atoms with van der Waals surface area (Å²) in [6.45, 7) is 13.2. The Morgan fingerprint density at radius 2 is 1.59 bits per heavy atom. The van der Waals surface area contributed by atoms with Crippen LogP contribution in [0, 0.1) is 11.8 Å². The van der Waals surface area contributed by atoms with Crippen LogP contribution in [0.2, 0.25) is 0 Å². The summed E-state index contributed by atoms with van der Waals surface area (Å²) < 4.78 is 11.9. The van der Waals surface area contributed by atoms with E-state index in [1.54, 1.807) is 0 Å². The van der Waals surface area contributed by atoms with Gasteiger partial charge < -0.3 is 30.5 Å². The molecule has 2 aliphatic heterocycles. The van der Waals surface area contributed by atoms with Crippen LogP contribution >= 0.6 is 0 Å². The van der Waals surface area contributed by atoms with Gasteiger partial charge >= 0.3 is 0 Å². The Labute approximate surface area is 233 Å². The van der Waals surface area contributed by atoms with Gasteiger partial charge in [0.25, 0.3) is 11.9 Å². The summed E-state index contributed by atoms with van der Waals surface area (Å²) in [5.41, 5.74) is 7.58. The van der Waals surface area contributed by atoms with E-state index in [1.807, 2.05) is 12.1 Å². The number of rotatable bonds is 9. The molecule has 39 heavy (non-hydrogen) atoms. The van der Waals surface area contributed by atoms with Crippen molar-refractivity contribution in [1.82, 2.24) is 9.80 Å². The number of carboxylic acids is 2. The lowest BCUT2D eigenvalue weighted by atomic mass is 9.93. The number of nitrogens with zero attached hydrogens (tertiary/aromatic N) is 2. The Morgan fingerprint density at radius 3 is 2.10 bits per heavy atom. The smallest absolute Gasteiger partial charge is 0.300 e. The molecule has 222 valence electrons. The number of ether oxygens (including phenoxy) is 2. The number of morpholine rings is 1. The third kappa shape index (κ3) is 11.4. The van der Waals surface area contributed by atoms with E-state index < -0.39 is 18.0 Å². The molecule has 1 saturated carbocycles. The summed E-state index contributed by atoms with van der Waals surface area (Å²) in [5.74, 6) is 0.505. The van der Waals surface area contributed by atoms with Crippen molar-refractivity contribution in [2.24, 2.45) is 17.6 Å². The minimum atomic E-state index is -0.833. The lowest BCUT2D eigenvalue weighted by Crippen LogP contribution is -2.53. The molecule has 3 fully saturated rings. The molecule has 0 aromatic heterocycles. The minimum absolute atomic E-state index is 0.0619. The van der Waals surface area contributed by atoms with Gasteiger partial charge in [-0.15, -0.1) is 0 Å². The molecule has 2 heterocycles. The van der Waals surface area contributed by atoms with Crippen molar-refractivity contribution in [2.45, 2.75) is 77.7 Å². The number of nitrogens with two attached hydrogens (primary N) is 1. The van der Waals surface area contributed by atoms with Crippen molar-refractivity contribution < 1.29 is 34.4 Å². The van der Waals surface area contributed by atoms with Gasteiger partial charge in [-0.3, -0.25) is 19.4 Å². The highest BCUT2D eigenvalue weighted by atomic mass is 16.5. The lowest BCUT2D eigenvalue weighted by Gasteiger charge is -2.42. The lowest BCUT2D eigenvalue weighted by molar-refractivity contribution is -0.135. The fourth-order valence-corrected chi connectivity index (χ4v) is 5.74. The van der Waals surface area contributed by atoms with Crippen LogP contribution in [0.3, 0.4) is 0 Å². The number of aliphatic hydroxyl groups is 1. The predicted molar refractivity (Wildman–Crippen MR) is 150 cm³/mol. The zero-order chi connectivity index (χ0) is 29.0. The van der Waals surface area contributed by atoms with Gasteiger partial charge in [-0.05, 0) is 55.2 Å². The Morgan fingerprint density at radius 1 is 1.05 bits per heavy atom. The van der Waals surface area contributed by atoms with Crippen molar-refractivity contribution in [3.63, 3.8) is 0 Å². The van der Waals surface area contributed by atoms with Gasteiger partial charge in [0, 0.05) is 59.2 Å². The van der Waals surface area contributed by atoms with Crippen LogP contribution < -0.4 is 10.5 Å². The summed E-state index contributed by atoms with van der Waals surface area (Å²) in [5, 5.41) is 25.3. The number of aliphatic carboxylic acids is 2. The highest BCUT2D eigenvalue weighted by Gasteiger charge is 2.39. The Bertz CT molecular complexity index is 844. The van der Waals surface area contributed by atoms with Gasteiger partial charge in [0.1, 0.15) is 18.5 Å². The normalized spacial score (nSPS) is 24.9. The third-order valence-corrected chi connectivity index (χ3v) is 7.84. The van der Waals surface area contributed by atoms with Gasteiger partial charge in [-0.1, -0.05) is 26.0 Å². The molecule has 10 nitrogen and oxygen atoms in total. The summed E-state index contributed by atoms with van der Waals surface area (Å²) in [6, 6.07) is 8.77. The number of piperidine rings is 1. The van der Waals surface area contributed by atoms with Gasteiger partial charge in [0.05, 0.1) is 12.2 Å². The van der Waals surface area contributed by atoms with Crippen LogP contribution in [0.25, 0.3) is 0 Å². The summed E-state index contributed by atoms with van der Waals surface area (Å²) in [7, 11) is 0. The number of aliphatic hydroxyl groups excluding tert-OH is 1. The average molecular weight is 552 g/mol. The molecular formula is C29H49N3O7. The maximum absolute atomic E-state index is 10.5. The van der Waals surface area contributed by atoms with Crippen molar-refractivity contribution in [1.29, 1.82) is 0 Å². The average Bonchev–Trinajstić information content (AvgIpc) is 3.08. The Hall–Kier alpha value is -2.24. The highest BCUT2D eigenvalue weighted by molar-refractivity contribution is 5.63. The second-order valence-electron chi connectivity index (χ2n) is 11.0. The molecule has 2 bridgehead atoms. The van der Waals surface area contributed by atoms with Gasteiger partial charge in [0.15, 0.2) is 0 Å². The third-order valence-electron chi connectivity index (χ3n) is 7.84. The van der Waals surface area contributed by atoms with Crippen LogP contribution in [0.4, 0.5) is 0 Å². The van der Waals surface area contributed by atoms with E-state index in [-0.39, 0.29) is 5.60 Å². The van der Waals surface area contributed by atoms with E-state index in [4.69, 9.17) is 35.0 Å². The number of fused-ring (bicyclic) bond motifs is 2. The van der Waals surface area contributed by atoms with E-state index in [0.29, 0.717) is 31.0 Å². The van der Waals surface area contributed by atoms with Crippen LogP contribution in [0.15, 0.2) is 24.3 Å². The minimum Gasteiger partial charge on any atom is -0.491 e. The maximum Gasteiger partial charge on any atom is 0.300 e. The fourth-order valence-electron chi connectivity index (χ4n) is 5.74. The summed E-state index contributed by atoms with van der Waals surface area (Å²) >= 11 is 0. The van der Waals surface area contributed by atoms with Crippen molar-refractivity contribution >= 4 is 11.9 Å². The first-order valence-corrected chi connectivity index (χ1v) is 14.1. The number of likely N-dealkylation sites (tertiary alicyclic amines) is 1. The molecule has 5 N–H and O–H groups in total. The second-order valence-corrected chi connectivity index (χ2v) is 11.0. The first kappa shape index (κ1) is 33.0.